The van der Waals surface area contributed by atoms with E-state index in [-0.39, 0.29) is 14.0 Å². The highest BCUT2D eigenvalue weighted by Crippen LogP contribution is 2.30. The standard InChI is InChI=1S/C13H26O2/c1-9-15-13(6,7)11(3)10(2)12(4,5)14-8/h9H2,1-8H3/b11-10-/i1D,8D,9D. The Bertz CT molecular complexity index is 299. The zero-order chi connectivity index (χ0) is 14.6. The molecular weight excluding hydrogens is 188 g/mol. The molecule has 0 spiro atoms. The molecule has 0 saturated heterocycles. The van der Waals surface area contributed by atoms with E-state index in [1.54, 1.807) is 0 Å². The lowest BCUT2D eigenvalue weighted by Crippen LogP contribution is -2.32. The first-order valence-corrected chi connectivity index (χ1v) is 5.09. The van der Waals surface area contributed by atoms with Crippen LogP contribution in [0.1, 0.15) is 52.6 Å². The van der Waals surface area contributed by atoms with Gasteiger partial charge in [0.25, 0.3) is 0 Å². The lowest BCUT2D eigenvalue weighted by Gasteiger charge is -2.33. The van der Waals surface area contributed by atoms with Crippen LogP contribution < -0.4 is 0 Å². The van der Waals surface area contributed by atoms with Crippen molar-refractivity contribution >= 4 is 0 Å². The summed E-state index contributed by atoms with van der Waals surface area (Å²) in [6.45, 7) is 10.6. The summed E-state index contributed by atoms with van der Waals surface area (Å²) in [5.41, 5.74) is 0.842. The first-order chi connectivity index (χ1) is 8.08. The van der Waals surface area contributed by atoms with Crippen molar-refractivity contribution in [3.63, 3.8) is 0 Å². The third-order valence-electron chi connectivity index (χ3n) is 3.11. The SMILES string of the molecule is [2H]COC(C)(C)/C(C)=C(/C)C(C)(C)OC([2H])C[2H]. The average Bonchev–Trinajstić information content (AvgIpc) is 2.26. The first kappa shape index (κ1) is 9.86. The molecule has 90 valence electrons. The molecule has 0 fully saturated rings. The van der Waals surface area contributed by atoms with Crippen molar-refractivity contribution in [2.75, 3.05) is 13.7 Å². The van der Waals surface area contributed by atoms with E-state index in [9.17, 15) is 0 Å². The van der Waals surface area contributed by atoms with Gasteiger partial charge in [0.15, 0.2) is 0 Å². The van der Waals surface area contributed by atoms with Gasteiger partial charge in [0, 0.05) is 15.0 Å². The van der Waals surface area contributed by atoms with Crippen LogP contribution in [-0.2, 0) is 9.47 Å². The van der Waals surface area contributed by atoms with Crippen LogP contribution in [0.4, 0.5) is 0 Å². The van der Waals surface area contributed by atoms with E-state index in [0.717, 1.165) is 11.1 Å². The highest BCUT2D eigenvalue weighted by atomic mass is 16.5. The summed E-state index contributed by atoms with van der Waals surface area (Å²) < 4.78 is 32.8. The van der Waals surface area contributed by atoms with Gasteiger partial charge in [-0.3, -0.25) is 0 Å². The first-order valence-electron chi connectivity index (χ1n) is 7.08. The second-order valence-corrected chi connectivity index (χ2v) is 4.70. The second kappa shape index (κ2) is 5.13. The fraction of sp³-hybridized carbons (Fsp3) is 0.846. The smallest absolute Gasteiger partial charge is 0.0836 e. The molecule has 0 N–H and O–H groups in total. The Hall–Kier alpha value is -0.340. The Morgan fingerprint density at radius 1 is 1.13 bits per heavy atom. The molecule has 15 heavy (non-hydrogen) atoms. The van der Waals surface area contributed by atoms with Crippen LogP contribution in [-0.4, -0.2) is 24.9 Å². The van der Waals surface area contributed by atoms with E-state index in [1.807, 2.05) is 41.5 Å². The van der Waals surface area contributed by atoms with Gasteiger partial charge in [0.05, 0.1) is 13.9 Å². The second-order valence-electron chi connectivity index (χ2n) is 4.70. The summed E-state index contributed by atoms with van der Waals surface area (Å²) >= 11 is 0. The molecule has 1 unspecified atom stereocenters. The predicted octanol–water partition coefficient (Wildman–Crippen LogP) is 3.56. The van der Waals surface area contributed by atoms with Crippen LogP contribution in [0, 0.1) is 0 Å². The van der Waals surface area contributed by atoms with Crippen molar-refractivity contribution in [2.45, 2.75) is 59.6 Å². The molecule has 0 rings (SSSR count). The summed E-state index contributed by atoms with van der Waals surface area (Å²) in [5, 5.41) is 0. The topological polar surface area (TPSA) is 18.5 Å². The van der Waals surface area contributed by atoms with E-state index in [2.05, 4.69) is 0 Å². The molecule has 0 aromatic carbocycles. The summed E-state index contributed by atoms with van der Waals surface area (Å²) in [4.78, 5) is 0. The van der Waals surface area contributed by atoms with Gasteiger partial charge in [-0.25, -0.2) is 0 Å². The van der Waals surface area contributed by atoms with Gasteiger partial charge in [-0.05, 0) is 59.6 Å². The molecule has 2 nitrogen and oxygen atoms in total. The van der Waals surface area contributed by atoms with E-state index < -0.39 is 17.8 Å². The fourth-order valence-electron chi connectivity index (χ4n) is 1.31. The average molecular weight is 217 g/mol. The summed E-state index contributed by atoms with van der Waals surface area (Å²) in [7, 11) is -0.0906. The summed E-state index contributed by atoms with van der Waals surface area (Å²) in [6, 6.07) is 0. The molecule has 2 heteroatoms. The third kappa shape index (κ3) is 3.62. The van der Waals surface area contributed by atoms with Crippen molar-refractivity contribution in [3.05, 3.63) is 11.1 Å². The zero-order valence-electron chi connectivity index (χ0n) is 13.8. The number of rotatable bonds is 5. The lowest BCUT2D eigenvalue weighted by atomic mass is 9.87. The Balaban J connectivity index is 5.13. The largest absolute Gasteiger partial charge is 0.374 e. The quantitative estimate of drug-likeness (QED) is 0.656. The van der Waals surface area contributed by atoms with Crippen molar-refractivity contribution in [2.24, 2.45) is 0 Å². The van der Waals surface area contributed by atoms with Gasteiger partial charge in [0.1, 0.15) is 0 Å². The van der Waals surface area contributed by atoms with Gasteiger partial charge in [-0.15, -0.1) is 0 Å². The van der Waals surface area contributed by atoms with Crippen LogP contribution in [0.5, 0.6) is 0 Å². The molecule has 0 aliphatic rings. The Morgan fingerprint density at radius 2 is 1.67 bits per heavy atom. The van der Waals surface area contributed by atoms with Crippen LogP contribution in [0.15, 0.2) is 11.1 Å². The number of hydrogen-bond acceptors (Lipinski definition) is 2. The number of ether oxygens (including phenoxy) is 2. The van der Waals surface area contributed by atoms with E-state index >= 15 is 0 Å². The number of hydrogen-bond donors (Lipinski definition) is 0. The molecule has 0 heterocycles. The van der Waals surface area contributed by atoms with Gasteiger partial charge >= 0.3 is 0 Å². The highest BCUT2D eigenvalue weighted by Gasteiger charge is 2.28. The van der Waals surface area contributed by atoms with Gasteiger partial charge in [0.2, 0.25) is 0 Å². The third-order valence-corrected chi connectivity index (χ3v) is 3.11. The molecule has 0 radical (unpaired) electrons. The predicted molar refractivity (Wildman–Crippen MR) is 65.2 cm³/mol. The van der Waals surface area contributed by atoms with E-state index in [1.165, 1.54) is 0 Å². The van der Waals surface area contributed by atoms with Gasteiger partial charge in [-0.1, -0.05) is 0 Å². The van der Waals surface area contributed by atoms with Crippen LogP contribution in [0.3, 0.4) is 0 Å². The van der Waals surface area contributed by atoms with Crippen molar-refractivity contribution in [3.8, 4) is 0 Å². The lowest BCUT2D eigenvalue weighted by molar-refractivity contribution is 0.0110. The maximum atomic E-state index is 7.55. The van der Waals surface area contributed by atoms with E-state index in [0.29, 0.717) is 0 Å². The van der Waals surface area contributed by atoms with E-state index in [4.69, 9.17) is 13.6 Å². The Kier molecular flexibility index (Phi) is 3.37. The van der Waals surface area contributed by atoms with Crippen molar-refractivity contribution in [1.29, 1.82) is 0 Å². The molecule has 1 atom stereocenters. The summed E-state index contributed by atoms with van der Waals surface area (Å²) in [5.74, 6) is 0. The Morgan fingerprint density at radius 3 is 2.13 bits per heavy atom. The Labute approximate surface area is 98.9 Å². The van der Waals surface area contributed by atoms with Crippen molar-refractivity contribution in [1.82, 2.24) is 0 Å². The molecule has 0 aliphatic heterocycles. The minimum Gasteiger partial charge on any atom is -0.374 e. The number of methoxy groups -OCH3 is 1. The molecular formula is C13H26O2. The monoisotopic (exact) mass is 217 g/mol. The maximum Gasteiger partial charge on any atom is 0.0836 e. The minimum absolute atomic E-state index is 0.0810. The van der Waals surface area contributed by atoms with Gasteiger partial charge in [-0.2, -0.15) is 0 Å². The molecule has 0 amide bonds. The molecule has 0 aliphatic carbocycles. The van der Waals surface area contributed by atoms with Crippen molar-refractivity contribution < 1.29 is 13.6 Å². The molecule has 0 aromatic heterocycles. The molecule has 0 saturated carbocycles. The molecule has 0 bridgehead atoms. The summed E-state index contributed by atoms with van der Waals surface area (Å²) in [6.07, 6.45) is 0. The fourth-order valence-corrected chi connectivity index (χ4v) is 1.31. The maximum absolute atomic E-state index is 7.55. The zero-order valence-corrected chi connectivity index (χ0v) is 10.8. The van der Waals surface area contributed by atoms with Gasteiger partial charge < -0.3 is 9.47 Å². The van der Waals surface area contributed by atoms with Crippen LogP contribution in [0.2, 0.25) is 0 Å². The normalized spacial score (nSPS) is 20.0. The van der Waals surface area contributed by atoms with Crippen LogP contribution in [0.25, 0.3) is 0 Å². The van der Waals surface area contributed by atoms with Crippen LogP contribution >= 0.6 is 0 Å². The molecule has 0 aromatic rings. The minimum atomic E-state index is -0.844. The highest BCUT2D eigenvalue weighted by molar-refractivity contribution is 5.25.